The van der Waals surface area contributed by atoms with Crippen LogP contribution in [0.5, 0.6) is 0 Å². The van der Waals surface area contributed by atoms with E-state index >= 15 is 0 Å². The zero-order chi connectivity index (χ0) is 21.7. The summed E-state index contributed by atoms with van der Waals surface area (Å²) in [6.45, 7) is 3.80. The second-order valence-electron chi connectivity index (χ2n) is 6.81. The number of carbonyl (C=O) groups excluding carboxylic acids is 2. The first kappa shape index (κ1) is 21.9. The number of benzene rings is 2. The van der Waals surface area contributed by atoms with Crippen molar-refractivity contribution in [1.29, 1.82) is 0 Å². The van der Waals surface area contributed by atoms with E-state index in [1.807, 2.05) is 38.1 Å². The minimum absolute atomic E-state index is 0.126. The quantitative estimate of drug-likeness (QED) is 0.539. The lowest BCUT2D eigenvalue weighted by Crippen LogP contribution is -2.28. The van der Waals surface area contributed by atoms with Gasteiger partial charge in [-0.1, -0.05) is 35.5 Å². The van der Waals surface area contributed by atoms with Gasteiger partial charge in [-0.15, -0.1) is 10.2 Å². The number of nitrogens with zero attached hydrogens (tertiary/aromatic N) is 3. The average Bonchev–Trinajstić information content (AvgIpc) is 3.07. The Bertz CT molecular complexity index is 1050. The summed E-state index contributed by atoms with van der Waals surface area (Å²) in [5.41, 5.74) is 2.35. The lowest BCUT2D eigenvalue weighted by molar-refractivity contribution is -0.113. The molecule has 0 fully saturated rings. The van der Waals surface area contributed by atoms with E-state index in [1.165, 1.54) is 11.8 Å². The standard InChI is InChI=1S/C21H22ClN5O2S/c1-13-5-4-6-17(11-13)24-18(28)12-30-21-26-25-19(27(21)3)14(2)23-20(29)15-7-9-16(22)10-8-15/h4-11,14H,12H2,1-3H3,(H,23,29)(H,24,28)/t14-/m0/s1. The van der Waals surface area contributed by atoms with E-state index in [2.05, 4.69) is 20.8 Å². The number of halogens is 1. The number of nitrogens with one attached hydrogen (secondary N) is 2. The van der Waals surface area contributed by atoms with Gasteiger partial charge in [0.15, 0.2) is 11.0 Å². The molecule has 7 nitrogen and oxygen atoms in total. The highest BCUT2D eigenvalue weighted by molar-refractivity contribution is 7.99. The van der Waals surface area contributed by atoms with Gasteiger partial charge >= 0.3 is 0 Å². The predicted molar refractivity (Wildman–Crippen MR) is 119 cm³/mol. The van der Waals surface area contributed by atoms with Crippen LogP contribution in [0.2, 0.25) is 5.02 Å². The average molecular weight is 444 g/mol. The summed E-state index contributed by atoms with van der Waals surface area (Å²) in [4.78, 5) is 24.6. The SMILES string of the molecule is Cc1cccc(NC(=O)CSc2nnc([C@H](C)NC(=O)c3ccc(Cl)cc3)n2C)c1. The van der Waals surface area contributed by atoms with Gasteiger partial charge in [0, 0.05) is 23.3 Å². The molecule has 3 rings (SSSR count). The summed E-state index contributed by atoms with van der Waals surface area (Å²) >= 11 is 7.15. The maximum absolute atomic E-state index is 12.4. The molecule has 2 N–H and O–H groups in total. The number of aryl methyl sites for hydroxylation is 1. The molecule has 9 heteroatoms. The van der Waals surface area contributed by atoms with Crippen LogP contribution < -0.4 is 10.6 Å². The van der Waals surface area contributed by atoms with Crippen LogP contribution in [0.1, 0.15) is 34.7 Å². The maximum atomic E-state index is 12.4. The van der Waals surface area contributed by atoms with Gasteiger partial charge in [0.25, 0.3) is 5.91 Å². The van der Waals surface area contributed by atoms with Crippen molar-refractivity contribution in [2.24, 2.45) is 7.05 Å². The van der Waals surface area contributed by atoms with E-state index in [-0.39, 0.29) is 23.6 Å². The summed E-state index contributed by atoms with van der Waals surface area (Å²) in [6, 6.07) is 13.9. The minimum atomic E-state index is -0.360. The molecule has 0 unspecified atom stereocenters. The summed E-state index contributed by atoms with van der Waals surface area (Å²) in [5.74, 6) is 0.442. The van der Waals surface area contributed by atoms with Crippen molar-refractivity contribution in [1.82, 2.24) is 20.1 Å². The molecular formula is C21H22ClN5O2S. The van der Waals surface area contributed by atoms with Crippen LogP contribution in [0.25, 0.3) is 0 Å². The van der Waals surface area contributed by atoms with Crippen molar-refractivity contribution in [3.8, 4) is 0 Å². The van der Waals surface area contributed by atoms with Crippen LogP contribution in [-0.2, 0) is 11.8 Å². The molecule has 3 aromatic rings. The van der Waals surface area contributed by atoms with Gasteiger partial charge in [-0.2, -0.15) is 0 Å². The van der Waals surface area contributed by atoms with Gasteiger partial charge in [-0.05, 0) is 55.8 Å². The Morgan fingerprint density at radius 1 is 1.17 bits per heavy atom. The summed E-state index contributed by atoms with van der Waals surface area (Å²) in [7, 11) is 1.81. The van der Waals surface area contributed by atoms with Gasteiger partial charge in [-0.25, -0.2) is 0 Å². The predicted octanol–water partition coefficient (Wildman–Crippen LogP) is 4.00. The van der Waals surface area contributed by atoms with Gasteiger partial charge in [-0.3, -0.25) is 9.59 Å². The Balaban J connectivity index is 1.57. The molecule has 0 radical (unpaired) electrons. The Kier molecular flexibility index (Phi) is 7.12. The van der Waals surface area contributed by atoms with Crippen molar-refractivity contribution < 1.29 is 9.59 Å². The van der Waals surface area contributed by atoms with Gasteiger partial charge in [0.2, 0.25) is 5.91 Å². The van der Waals surface area contributed by atoms with Crippen molar-refractivity contribution in [2.45, 2.75) is 25.0 Å². The largest absolute Gasteiger partial charge is 0.342 e. The maximum Gasteiger partial charge on any atom is 0.251 e. The first-order valence-electron chi connectivity index (χ1n) is 9.28. The monoisotopic (exact) mass is 443 g/mol. The third-order valence-electron chi connectivity index (χ3n) is 4.34. The van der Waals surface area contributed by atoms with Crippen LogP contribution in [0.4, 0.5) is 5.69 Å². The van der Waals surface area contributed by atoms with E-state index in [0.29, 0.717) is 21.6 Å². The fraction of sp³-hybridized carbons (Fsp3) is 0.238. The molecule has 0 saturated carbocycles. The topological polar surface area (TPSA) is 88.9 Å². The van der Waals surface area contributed by atoms with E-state index in [4.69, 9.17) is 11.6 Å². The van der Waals surface area contributed by atoms with Gasteiger partial charge in [0.1, 0.15) is 0 Å². The van der Waals surface area contributed by atoms with E-state index in [0.717, 1.165) is 11.3 Å². The van der Waals surface area contributed by atoms with Crippen LogP contribution in [0.3, 0.4) is 0 Å². The number of thioether (sulfide) groups is 1. The molecule has 1 aromatic heterocycles. The normalized spacial score (nSPS) is 11.7. The van der Waals surface area contributed by atoms with Crippen LogP contribution in [-0.4, -0.2) is 32.3 Å². The molecule has 0 bridgehead atoms. The Labute approximate surface area is 184 Å². The highest BCUT2D eigenvalue weighted by atomic mass is 35.5. The van der Waals surface area contributed by atoms with Crippen molar-refractivity contribution in [3.05, 3.63) is 70.5 Å². The Morgan fingerprint density at radius 2 is 1.90 bits per heavy atom. The zero-order valence-corrected chi connectivity index (χ0v) is 18.4. The molecule has 0 aliphatic rings. The van der Waals surface area contributed by atoms with Crippen LogP contribution >= 0.6 is 23.4 Å². The number of amides is 2. The fourth-order valence-electron chi connectivity index (χ4n) is 2.82. The van der Waals surface area contributed by atoms with Gasteiger partial charge < -0.3 is 15.2 Å². The third kappa shape index (κ3) is 5.61. The summed E-state index contributed by atoms with van der Waals surface area (Å²) < 4.78 is 1.78. The number of anilines is 1. The molecule has 0 saturated heterocycles. The number of carbonyl (C=O) groups is 2. The lowest BCUT2D eigenvalue weighted by Gasteiger charge is -2.13. The molecule has 0 aliphatic carbocycles. The van der Waals surface area contributed by atoms with E-state index in [1.54, 1.807) is 35.9 Å². The Morgan fingerprint density at radius 3 is 2.60 bits per heavy atom. The third-order valence-corrected chi connectivity index (χ3v) is 5.62. The van der Waals surface area contributed by atoms with Gasteiger partial charge in [0.05, 0.1) is 11.8 Å². The molecule has 1 heterocycles. The second-order valence-corrected chi connectivity index (χ2v) is 8.19. The number of hydrogen-bond donors (Lipinski definition) is 2. The van der Waals surface area contributed by atoms with E-state index < -0.39 is 0 Å². The van der Waals surface area contributed by atoms with Crippen molar-refractivity contribution >= 4 is 40.9 Å². The number of hydrogen-bond acceptors (Lipinski definition) is 5. The molecule has 1 atom stereocenters. The molecule has 156 valence electrons. The fourth-order valence-corrected chi connectivity index (χ4v) is 3.67. The number of rotatable bonds is 7. The van der Waals surface area contributed by atoms with Crippen molar-refractivity contribution in [2.75, 3.05) is 11.1 Å². The molecule has 2 aromatic carbocycles. The first-order valence-corrected chi connectivity index (χ1v) is 10.6. The summed E-state index contributed by atoms with van der Waals surface area (Å²) in [5, 5.41) is 15.2. The molecule has 30 heavy (non-hydrogen) atoms. The van der Waals surface area contributed by atoms with E-state index in [9.17, 15) is 9.59 Å². The number of aromatic nitrogens is 3. The molecule has 0 aliphatic heterocycles. The highest BCUT2D eigenvalue weighted by Gasteiger charge is 2.19. The first-order chi connectivity index (χ1) is 14.3. The summed E-state index contributed by atoms with van der Waals surface area (Å²) in [6.07, 6.45) is 0. The minimum Gasteiger partial charge on any atom is -0.342 e. The zero-order valence-electron chi connectivity index (χ0n) is 16.8. The smallest absolute Gasteiger partial charge is 0.251 e. The van der Waals surface area contributed by atoms with Crippen LogP contribution in [0.15, 0.2) is 53.7 Å². The lowest BCUT2D eigenvalue weighted by atomic mass is 10.2. The highest BCUT2D eigenvalue weighted by Crippen LogP contribution is 2.20. The molecule has 0 spiro atoms. The van der Waals surface area contributed by atoms with Crippen LogP contribution in [0, 0.1) is 6.92 Å². The van der Waals surface area contributed by atoms with Crippen molar-refractivity contribution in [3.63, 3.8) is 0 Å². The molecular weight excluding hydrogens is 422 g/mol. The second kappa shape index (κ2) is 9.77. The Hall–Kier alpha value is -2.84. The molecule has 2 amide bonds.